The Morgan fingerprint density at radius 1 is 1.59 bits per heavy atom. The van der Waals surface area contributed by atoms with Crippen LogP contribution in [0.2, 0.25) is 0 Å². The second kappa shape index (κ2) is 5.00. The molecule has 0 bridgehead atoms. The van der Waals surface area contributed by atoms with Gasteiger partial charge >= 0.3 is 12.0 Å². The van der Waals surface area contributed by atoms with Gasteiger partial charge in [0.25, 0.3) is 0 Å². The van der Waals surface area contributed by atoms with Gasteiger partial charge in [0.1, 0.15) is 3.70 Å². The number of alkyl halides is 3. The number of pyridine rings is 1. The molecule has 1 heterocycles. The SMILES string of the molecule is O=[N+]([O-])c1c(OC(F)(F)F)cnc(I)c1CO. The molecule has 1 rings (SSSR count). The van der Waals surface area contributed by atoms with E-state index in [2.05, 4.69) is 9.72 Å². The second-order valence-corrected chi connectivity index (χ2v) is 3.73. The van der Waals surface area contributed by atoms with E-state index >= 15 is 0 Å². The first-order valence-electron chi connectivity index (χ1n) is 3.94. The van der Waals surface area contributed by atoms with Crippen molar-refractivity contribution >= 4 is 28.3 Å². The minimum absolute atomic E-state index is 0.0336. The Morgan fingerprint density at radius 3 is 2.59 bits per heavy atom. The molecule has 0 aliphatic carbocycles. The van der Waals surface area contributed by atoms with Gasteiger partial charge in [-0.05, 0) is 22.6 Å². The number of aromatic nitrogens is 1. The first-order valence-corrected chi connectivity index (χ1v) is 5.02. The number of halogens is 4. The van der Waals surface area contributed by atoms with Gasteiger partial charge in [0, 0.05) is 0 Å². The quantitative estimate of drug-likeness (QED) is 0.384. The molecular weight excluding hydrogens is 360 g/mol. The van der Waals surface area contributed by atoms with Crippen LogP contribution in [0.1, 0.15) is 5.56 Å². The molecule has 0 spiro atoms. The van der Waals surface area contributed by atoms with Crippen LogP contribution in [0.5, 0.6) is 5.75 Å². The van der Waals surface area contributed by atoms with E-state index in [0.717, 1.165) is 0 Å². The van der Waals surface area contributed by atoms with E-state index in [0.29, 0.717) is 6.20 Å². The van der Waals surface area contributed by atoms with Crippen molar-refractivity contribution in [1.82, 2.24) is 4.98 Å². The Labute approximate surface area is 106 Å². The first-order chi connectivity index (χ1) is 7.76. The molecule has 0 aromatic carbocycles. The van der Waals surface area contributed by atoms with E-state index in [4.69, 9.17) is 5.11 Å². The lowest BCUT2D eigenvalue weighted by Gasteiger charge is -2.10. The normalized spacial score (nSPS) is 11.4. The van der Waals surface area contributed by atoms with Crippen molar-refractivity contribution in [3.8, 4) is 5.75 Å². The molecule has 0 radical (unpaired) electrons. The van der Waals surface area contributed by atoms with Crippen LogP contribution >= 0.6 is 22.6 Å². The first kappa shape index (κ1) is 13.9. The zero-order valence-electron chi connectivity index (χ0n) is 7.86. The molecule has 0 saturated carbocycles. The maximum atomic E-state index is 12.0. The van der Waals surface area contributed by atoms with Crippen LogP contribution in [0, 0.1) is 13.8 Å². The molecule has 1 N–H and O–H groups in total. The summed E-state index contributed by atoms with van der Waals surface area (Å²) in [5.41, 5.74) is -1.26. The van der Waals surface area contributed by atoms with Gasteiger partial charge in [-0.1, -0.05) is 0 Å². The van der Waals surface area contributed by atoms with Crippen LogP contribution in [-0.2, 0) is 6.61 Å². The Morgan fingerprint density at radius 2 is 2.18 bits per heavy atom. The summed E-state index contributed by atoms with van der Waals surface area (Å²) < 4.78 is 39.5. The number of hydrogen-bond donors (Lipinski definition) is 1. The van der Waals surface area contributed by atoms with E-state index in [1.54, 1.807) is 22.6 Å². The van der Waals surface area contributed by atoms with Gasteiger partial charge < -0.3 is 9.84 Å². The van der Waals surface area contributed by atoms with Crippen LogP contribution in [0.3, 0.4) is 0 Å². The Balaban J connectivity index is 3.36. The minimum Gasteiger partial charge on any atom is -0.397 e. The van der Waals surface area contributed by atoms with Crippen molar-refractivity contribution < 1.29 is 27.9 Å². The lowest BCUT2D eigenvalue weighted by molar-refractivity contribution is -0.389. The third-order valence-electron chi connectivity index (χ3n) is 1.63. The zero-order chi connectivity index (χ0) is 13.2. The van der Waals surface area contributed by atoms with Gasteiger partial charge in [0.2, 0.25) is 5.75 Å². The third-order valence-corrected chi connectivity index (χ3v) is 2.56. The summed E-state index contributed by atoms with van der Waals surface area (Å²) in [5, 5.41) is 19.5. The maximum Gasteiger partial charge on any atom is 0.573 e. The highest BCUT2D eigenvalue weighted by molar-refractivity contribution is 14.1. The van der Waals surface area contributed by atoms with Crippen molar-refractivity contribution in [2.45, 2.75) is 13.0 Å². The molecule has 0 saturated heterocycles. The lowest BCUT2D eigenvalue weighted by atomic mass is 10.2. The smallest absolute Gasteiger partial charge is 0.397 e. The van der Waals surface area contributed by atoms with Crippen molar-refractivity contribution in [3.63, 3.8) is 0 Å². The van der Waals surface area contributed by atoms with Gasteiger partial charge in [0.15, 0.2) is 0 Å². The fraction of sp³-hybridized carbons (Fsp3) is 0.286. The highest BCUT2D eigenvalue weighted by Crippen LogP contribution is 2.35. The summed E-state index contributed by atoms with van der Waals surface area (Å²) in [6, 6.07) is 0. The summed E-state index contributed by atoms with van der Waals surface area (Å²) >= 11 is 1.56. The molecule has 17 heavy (non-hydrogen) atoms. The standard InChI is InChI=1S/C7H4F3IN2O4/c8-7(9,10)17-4-1-12-6(11)3(2-14)5(4)13(15)16/h1,14H,2H2. The van der Waals surface area contributed by atoms with Gasteiger partial charge in [0.05, 0.1) is 23.3 Å². The van der Waals surface area contributed by atoms with Gasteiger partial charge in [-0.15, -0.1) is 13.2 Å². The predicted molar refractivity (Wildman–Crippen MR) is 56.2 cm³/mol. The fourth-order valence-corrected chi connectivity index (χ4v) is 1.61. The van der Waals surface area contributed by atoms with Crippen molar-refractivity contribution in [2.24, 2.45) is 0 Å². The molecular formula is C7H4F3IN2O4. The number of aliphatic hydroxyl groups is 1. The monoisotopic (exact) mass is 364 g/mol. The highest BCUT2D eigenvalue weighted by atomic mass is 127. The van der Waals surface area contributed by atoms with Gasteiger partial charge in [-0.25, -0.2) is 4.98 Å². The van der Waals surface area contributed by atoms with Crippen LogP contribution < -0.4 is 4.74 Å². The highest BCUT2D eigenvalue weighted by Gasteiger charge is 2.36. The molecule has 10 heteroatoms. The number of nitro groups is 1. The average Bonchev–Trinajstić information content (AvgIpc) is 2.17. The predicted octanol–water partition coefficient (Wildman–Crippen LogP) is 1.99. The number of hydrogen-bond acceptors (Lipinski definition) is 5. The molecule has 0 aliphatic heterocycles. The van der Waals surface area contributed by atoms with Crippen LogP contribution in [-0.4, -0.2) is 21.4 Å². The molecule has 0 aliphatic rings. The average molecular weight is 364 g/mol. The van der Waals surface area contributed by atoms with Crippen molar-refractivity contribution in [1.29, 1.82) is 0 Å². The maximum absolute atomic E-state index is 12.0. The summed E-state index contributed by atoms with van der Waals surface area (Å²) in [4.78, 5) is 13.1. The topological polar surface area (TPSA) is 85.5 Å². The number of ether oxygens (including phenoxy) is 1. The Bertz CT molecular complexity index is 451. The largest absolute Gasteiger partial charge is 0.573 e. The van der Waals surface area contributed by atoms with Crippen LogP contribution in [0.25, 0.3) is 0 Å². The molecule has 1 aromatic heterocycles. The summed E-state index contributed by atoms with van der Waals surface area (Å²) in [6.45, 7) is -0.809. The zero-order valence-corrected chi connectivity index (χ0v) is 10.0. The molecule has 0 atom stereocenters. The van der Waals surface area contributed by atoms with E-state index in [-0.39, 0.29) is 9.26 Å². The minimum atomic E-state index is -5.06. The summed E-state index contributed by atoms with van der Waals surface area (Å²) in [5.74, 6) is -1.05. The number of aliphatic hydroxyl groups excluding tert-OH is 1. The van der Waals surface area contributed by atoms with E-state index < -0.39 is 29.3 Å². The molecule has 94 valence electrons. The van der Waals surface area contributed by atoms with E-state index in [1.807, 2.05) is 0 Å². The van der Waals surface area contributed by atoms with Crippen molar-refractivity contribution in [2.75, 3.05) is 0 Å². The molecule has 0 amide bonds. The van der Waals surface area contributed by atoms with Gasteiger partial charge in [-0.2, -0.15) is 0 Å². The summed E-state index contributed by atoms with van der Waals surface area (Å²) in [6.07, 6.45) is -4.47. The van der Waals surface area contributed by atoms with Crippen molar-refractivity contribution in [3.05, 3.63) is 25.6 Å². The molecule has 0 unspecified atom stereocenters. The third kappa shape index (κ3) is 3.39. The summed E-state index contributed by atoms with van der Waals surface area (Å²) in [7, 11) is 0. The second-order valence-electron chi connectivity index (χ2n) is 2.70. The Hall–Kier alpha value is -1.17. The Kier molecular flexibility index (Phi) is 4.08. The van der Waals surface area contributed by atoms with E-state index in [9.17, 15) is 23.3 Å². The number of nitrogens with zero attached hydrogens (tertiary/aromatic N) is 2. The van der Waals surface area contributed by atoms with Crippen LogP contribution in [0.4, 0.5) is 18.9 Å². The molecule has 0 fully saturated rings. The lowest BCUT2D eigenvalue weighted by Crippen LogP contribution is -2.19. The van der Waals surface area contributed by atoms with Crippen LogP contribution in [0.15, 0.2) is 6.20 Å². The van der Waals surface area contributed by atoms with Gasteiger partial charge in [-0.3, -0.25) is 10.1 Å². The van der Waals surface area contributed by atoms with E-state index in [1.165, 1.54) is 0 Å². The fourth-order valence-electron chi connectivity index (χ4n) is 1.04. The molecule has 1 aromatic rings. The molecule has 6 nitrogen and oxygen atoms in total. The number of rotatable bonds is 3.